The molecule has 0 aliphatic rings. The highest BCUT2D eigenvalue weighted by molar-refractivity contribution is 9.10. The van der Waals surface area contributed by atoms with E-state index in [-0.39, 0.29) is 11.4 Å². The van der Waals surface area contributed by atoms with Crippen LogP contribution in [-0.4, -0.2) is 34.1 Å². The number of ether oxygens (including phenoxy) is 1. The van der Waals surface area contributed by atoms with Gasteiger partial charge in [0.05, 0.1) is 19.9 Å². The lowest BCUT2D eigenvalue weighted by Gasteiger charge is -2.03. The molecule has 2 N–H and O–H groups in total. The van der Waals surface area contributed by atoms with Gasteiger partial charge in [0, 0.05) is 16.2 Å². The fourth-order valence-corrected chi connectivity index (χ4v) is 2.82. The molecule has 2 aromatic carbocycles. The van der Waals surface area contributed by atoms with Crippen LogP contribution in [0.3, 0.4) is 0 Å². The van der Waals surface area contributed by atoms with Crippen molar-refractivity contribution in [3.63, 3.8) is 0 Å². The first-order valence-electron chi connectivity index (χ1n) is 8.03. The number of carbonyl (C=O) groups is 1. The van der Waals surface area contributed by atoms with E-state index in [0.717, 1.165) is 10.0 Å². The molecule has 3 aromatic rings. The average molecular weight is 429 g/mol. The molecule has 0 aliphatic carbocycles. The van der Waals surface area contributed by atoms with E-state index in [2.05, 4.69) is 31.6 Å². The monoisotopic (exact) mass is 428 g/mol. The normalized spacial score (nSPS) is 10.9. The fraction of sp³-hybridized carbons (Fsp3) is 0.105. The van der Waals surface area contributed by atoms with Crippen LogP contribution >= 0.6 is 15.9 Å². The number of hydrazone groups is 1. The number of methoxy groups -OCH3 is 1. The van der Waals surface area contributed by atoms with Gasteiger partial charge in [-0.05, 0) is 42.0 Å². The molecule has 1 amide bonds. The van der Waals surface area contributed by atoms with Crippen molar-refractivity contribution >= 4 is 28.1 Å². The third-order valence-electron chi connectivity index (χ3n) is 3.71. The molecule has 0 atom stereocenters. The van der Waals surface area contributed by atoms with Gasteiger partial charge in [0.15, 0.2) is 5.69 Å². The summed E-state index contributed by atoms with van der Waals surface area (Å²) in [5.74, 6) is 0.167. The Labute approximate surface area is 164 Å². The van der Waals surface area contributed by atoms with Crippen molar-refractivity contribution in [3.05, 3.63) is 76.0 Å². The maximum Gasteiger partial charge on any atom is 0.291 e. The minimum absolute atomic E-state index is 0.0344. The lowest BCUT2D eigenvalue weighted by Crippen LogP contribution is -2.18. The fourth-order valence-electron chi connectivity index (χ4n) is 2.37. The van der Waals surface area contributed by atoms with Crippen LogP contribution in [0.1, 0.15) is 21.6 Å². The van der Waals surface area contributed by atoms with Gasteiger partial charge >= 0.3 is 0 Å². The van der Waals surface area contributed by atoms with Crippen molar-refractivity contribution in [2.24, 2.45) is 5.10 Å². The van der Waals surface area contributed by atoms with E-state index in [1.165, 1.54) is 19.4 Å². The van der Waals surface area contributed by atoms with Gasteiger partial charge < -0.3 is 9.84 Å². The van der Waals surface area contributed by atoms with E-state index < -0.39 is 5.91 Å². The molecule has 0 unspecified atom stereocenters. The van der Waals surface area contributed by atoms with Crippen LogP contribution in [0.4, 0.5) is 0 Å². The minimum atomic E-state index is -0.443. The van der Waals surface area contributed by atoms with Crippen molar-refractivity contribution in [2.45, 2.75) is 6.54 Å². The molecule has 7 nitrogen and oxygen atoms in total. The number of hydrogen-bond donors (Lipinski definition) is 2. The summed E-state index contributed by atoms with van der Waals surface area (Å²) < 4.78 is 7.75. The number of carbonyl (C=O) groups excluding carboxylic acids is 1. The summed E-state index contributed by atoms with van der Waals surface area (Å²) in [6.07, 6.45) is 3.07. The summed E-state index contributed by atoms with van der Waals surface area (Å²) in [7, 11) is 1.53. The van der Waals surface area contributed by atoms with Gasteiger partial charge in [0.25, 0.3) is 5.91 Å². The maximum atomic E-state index is 12.2. The molecule has 8 heteroatoms. The third kappa shape index (κ3) is 4.95. The molecule has 0 bridgehead atoms. The number of phenolic OH excluding ortho intramolecular Hbond substituents is 1. The predicted molar refractivity (Wildman–Crippen MR) is 105 cm³/mol. The largest absolute Gasteiger partial charge is 0.507 e. The predicted octanol–water partition coefficient (Wildman–Crippen LogP) is 3.17. The van der Waals surface area contributed by atoms with Crippen LogP contribution in [0.15, 0.2) is 64.3 Å². The Bertz CT molecular complexity index is 985. The Morgan fingerprint density at radius 3 is 2.96 bits per heavy atom. The minimum Gasteiger partial charge on any atom is -0.507 e. The van der Waals surface area contributed by atoms with E-state index in [1.54, 1.807) is 29.1 Å². The summed E-state index contributed by atoms with van der Waals surface area (Å²) in [5, 5.41) is 17.9. The zero-order chi connectivity index (χ0) is 19.2. The van der Waals surface area contributed by atoms with Gasteiger partial charge in [-0.1, -0.05) is 28.1 Å². The molecule has 1 heterocycles. The molecular weight excluding hydrogens is 412 g/mol. The summed E-state index contributed by atoms with van der Waals surface area (Å²) >= 11 is 3.43. The SMILES string of the molecule is COc1ccc(O)c(C=NNC(=O)c2ccn(Cc3cccc(Br)c3)n2)c1. The van der Waals surface area contributed by atoms with E-state index in [0.29, 0.717) is 17.9 Å². The van der Waals surface area contributed by atoms with Crippen molar-refractivity contribution in [3.8, 4) is 11.5 Å². The standard InChI is InChI=1S/C19H17BrN4O3/c1-27-16-5-6-18(25)14(10-16)11-21-22-19(26)17-7-8-24(23-17)12-13-3-2-4-15(20)9-13/h2-11,25H,12H2,1H3,(H,22,26). The van der Waals surface area contributed by atoms with Crippen molar-refractivity contribution in [2.75, 3.05) is 7.11 Å². The number of amides is 1. The molecular formula is C19H17BrN4O3. The Morgan fingerprint density at radius 1 is 1.33 bits per heavy atom. The van der Waals surface area contributed by atoms with Gasteiger partial charge in [-0.25, -0.2) is 5.43 Å². The van der Waals surface area contributed by atoms with Gasteiger partial charge in [-0.3, -0.25) is 9.48 Å². The number of aromatic hydroxyl groups is 1. The van der Waals surface area contributed by atoms with E-state index in [9.17, 15) is 9.90 Å². The van der Waals surface area contributed by atoms with Crippen LogP contribution in [0.2, 0.25) is 0 Å². The molecule has 1 aromatic heterocycles. The molecule has 0 spiro atoms. The number of aromatic nitrogens is 2. The van der Waals surface area contributed by atoms with Crippen LogP contribution in [0.25, 0.3) is 0 Å². The van der Waals surface area contributed by atoms with E-state index in [1.807, 2.05) is 24.3 Å². The van der Waals surface area contributed by atoms with E-state index in [4.69, 9.17) is 4.74 Å². The summed E-state index contributed by atoms with van der Waals surface area (Å²) in [6, 6.07) is 14.2. The van der Waals surface area contributed by atoms with Crippen LogP contribution < -0.4 is 10.2 Å². The average Bonchev–Trinajstić information content (AvgIpc) is 3.12. The Morgan fingerprint density at radius 2 is 2.19 bits per heavy atom. The highest BCUT2D eigenvalue weighted by Gasteiger charge is 2.09. The first-order chi connectivity index (χ1) is 13.0. The zero-order valence-corrected chi connectivity index (χ0v) is 16.0. The molecule has 0 aliphatic heterocycles. The summed E-state index contributed by atoms with van der Waals surface area (Å²) in [6.45, 7) is 0.549. The summed E-state index contributed by atoms with van der Waals surface area (Å²) in [5.41, 5.74) is 4.13. The highest BCUT2D eigenvalue weighted by Crippen LogP contribution is 2.21. The first kappa shape index (κ1) is 18.7. The number of nitrogens with one attached hydrogen (secondary N) is 1. The van der Waals surface area contributed by atoms with Gasteiger partial charge in [-0.15, -0.1) is 0 Å². The molecule has 0 radical (unpaired) electrons. The maximum absolute atomic E-state index is 12.2. The second-order valence-corrected chi connectivity index (χ2v) is 6.57. The smallest absolute Gasteiger partial charge is 0.291 e. The van der Waals surface area contributed by atoms with Gasteiger partial charge in [0.2, 0.25) is 0 Å². The molecule has 27 heavy (non-hydrogen) atoms. The summed E-state index contributed by atoms with van der Waals surface area (Å²) in [4.78, 5) is 12.2. The molecule has 138 valence electrons. The molecule has 3 rings (SSSR count). The third-order valence-corrected chi connectivity index (χ3v) is 4.20. The number of rotatable bonds is 6. The number of phenols is 1. The van der Waals surface area contributed by atoms with Crippen molar-refractivity contribution in [1.82, 2.24) is 15.2 Å². The first-order valence-corrected chi connectivity index (χ1v) is 8.83. The lowest BCUT2D eigenvalue weighted by atomic mass is 10.2. The van der Waals surface area contributed by atoms with Gasteiger partial charge in [0.1, 0.15) is 11.5 Å². The quantitative estimate of drug-likeness (QED) is 0.466. The molecule has 0 saturated heterocycles. The van der Waals surface area contributed by atoms with Crippen molar-refractivity contribution in [1.29, 1.82) is 0 Å². The zero-order valence-electron chi connectivity index (χ0n) is 14.5. The lowest BCUT2D eigenvalue weighted by molar-refractivity contribution is 0.0949. The van der Waals surface area contributed by atoms with Crippen LogP contribution in [-0.2, 0) is 6.54 Å². The van der Waals surface area contributed by atoms with E-state index >= 15 is 0 Å². The molecule has 0 fully saturated rings. The topological polar surface area (TPSA) is 88.7 Å². The number of halogens is 1. The number of benzene rings is 2. The second kappa shape index (κ2) is 8.50. The highest BCUT2D eigenvalue weighted by atomic mass is 79.9. The molecule has 0 saturated carbocycles. The Balaban J connectivity index is 1.63. The van der Waals surface area contributed by atoms with Crippen LogP contribution in [0, 0.1) is 0 Å². The van der Waals surface area contributed by atoms with Crippen LogP contribution in [0.5, 0.6) is 11.5 Å². The number of nitrogens with zero attached hydrogens (tertiary/aromatic N) is 3. The second-order valence-electron chi connectivity index (χ2n) is 5.65. The Hall–Kier alpha value is -3.13. The van der Waals surface area contributed by atoms with Crippen molar-refractivity contribution < 1.29 is 14.6 Å². The Kier molecular flexibility index (Phi) is 5.87. The number of hydrogen-bond acceptors (Lipinski definition) is 5. The van der Waals surface area contributed by atoms with Gasteiger partial charge in [-0.2, -0.15) is 10.2 Å².